The average Bonchev–Trinajstić information content (AvgIpc) is 3.30. The third-order valence-electron chi connectivity index (χ3n) is 4.98. The number of ether oxygens (including phenoxy) is 1. The van der Waals surface area contributed by atoms with Crippen LogP contribution in [0.3, 0.4) is 0 Å². The molecule has 2 aromatic heterocycles. The number of halogens is 3. The smallest absolute Gasteiger partial charge is 0.416 e. The zero-order valence-corrected chi connectivity index (χ0v) is 17.8. The molecule has 0 bridgehead atoms. The summed E-state index contributed by atoms with van der Waals surface area (Å²) in [7, 11) is 0. The molecule has 2 heterocycles. The van der Waals surface area contributed by atoms with Gasteiger partial charge >= 0.3 is 12.1 Å². The van der Waals surface area contributed by atoms with Gasteiger partial charge in [0, 0.05) is 29.1 Å². The van der Waals surface area contributed by atoms with Gasteiger partial charge in [-0.1, -0.05) is 12.1 Å². The number of thiazole rings is 1. The molecule has 0 aliphatic rings. The van der Waals surface area contributed by atoms with Gasteiger partial charge in [0.15, 0.2) is 0 Å². The molecule has 9 heteroatoms. The lowest BCUT2D eigenvalue weighted by Crippen LogP contribution is -2.07. The van der Waals surface area contributed by atoms with Crippen molar-refractivity contribution in [2.75, 3.05) is 6.61 Å². The summed E-state index contributed by atoms with van der Waals surface area (Å²) in [6.45, 7) is 2.05. The van der Waals surface area contributed by atoms with Crippen LogP contribution in [0.5, 0.6) is 5.75 Å². The highest BCUT2D eigenvalue weighted by molar-refractivity contribution is 7.15. The molecule has 0 atom stereocenters. The number of fused-ring (bicyclic) bond motifs is 1. The number of carboxylic acid groups (broad SMARTS) is 1. The Morgan fingerprint density at radius 2 is 2.00 bits per heavy atom. The molecule has 0 spiro atoms. The van der Waals surface area contributed by atoms with Crippen molar-refractivity contribution in [3.8, 4) is 16.3 Å². The first-order valence-electron chi connectivity index (χ1n) is 9.78. The van der Waals surface area contributed by atoms with Crippen LogP contribution >= 0.6 is 11.3 Å². The summed E-state index contributed by atoms with van der Waals surface area (Å²) in [5.41, 5.74) is 1.27. The van der Waals surface area contributed by atoms with Gasteiger partial charge in [-0.25, -0.2) is 4.98 Å². The SMILES string of the molecule is Cc1nc(-c2cccc(C(F)(F)F)c2)sc1CCOc1ccc2ccn(CC(=O)O)c2c1. The van der Waals surface area contributed by atoms with Gasteiger partial charge in [0.25, 0.3) is 0 Å². The molecule has 0 aliphatic carbocycles. The summed E-state index contributed by atoms with van der Waals surface area (Å²) < 4.78 is 46.5. The molecule has 0 saturated heterocycles. The fourth-order valence-corrected chi connectivity index (χ4v) is 4.45. The van der Waals surface area contributed by atoms with Crippen LogP contribution in [0.2, 0.25) is 0 Å². The van der Waals surface area contributed by atoms with Crippen molar-refractivity contribution in [2.45, 2.75) is 26.1 Å². The third kappa shape index (κ3) is 4.77. The van der Waals surface area contributed by atoms with Crippen LogP contribution < -0.4 is 4.74 Å². The van der Waals surface area contributed by atoms with Crippen LogP contribution in [0.1, 0.15) is 16.1 Å². The third-order valence-corrected chi connectivity index (χ3v) is 6.24. The highest BCUT2D eigenvalue weighted by Gasteiger charge is 2.30. The van der Waals surface area contributed by atoms with Crippen molar-refractivity contribution in [1.82, 2.24) is 9.55 Å². The lowest BCUT2D eigenvalue weighted by molar-refractivity contribution is -0.138. The maximum atomic E-state index is 13.0. The molecule has 4 rings (SSSR count). The molecule has 5 nitrogen and oxygen atoms in total. The molecular weight excluding hydrogens is 441 g/mol. The molecule has 0 saturated carbocycles. The first-order chi connectivity index (χ1) is 15.2. The number of alkyl halides is 3. The summed E-state index contributed by atoms with van der Waals surface area (Å²) in [4.78, 5) is 16.4. The molecule has 32 heavy (non-hydrogen) atoms. The molecule has 0 unspecified atom stereocenters. The standard InChI is InChI=1S/C23H19F3N2O3S/c1-14-20(32-22(27-14)16-3-2-4-17(11-16)23(24,25)26)8-10-31-18-6-5-15-7-9-28(13-21(29)30)19(15)12-18/h2-7,9,11-12H,8,10,13H2,1H3,(H,29,30). The number of aliphatic carboxylic acids is 1. The number of aryl methyl sites for hydroxylation is 1. The Bertz CT molecular complexity index is 1280. The highest BCUT2D eigenvalue weighted by atomic mass is 32.1. The molecular formula is C23H19F3N2O3S. The molecule has 166 valence electrons. The van der Waals surface area contributed by atoms with Gasteiger partial charge in [-0.05, 0) is 42.6 Å². The van der Waals surface area contributed by atoms with E-state index in [1.807, 2.05) is 25.1 Å². The topological polar surface area (TPSA) is 64.4 Å². The van der Waals surface area contributed by atoms with E-state index in [0.29, 0.717) is 29.3 Å². The normalized spacial score (nSPS) is 11.8. The molecule has 0 fully saturated rings. The van der Waals surface area contributed by atoms with Crippen molar-refractivity contribution in [1.29, 1.82) is 0 Å². The number of hydrogen-bond donors (Lipinski definition) is 1. The Balaban J connectivity index is 1.45. The number of carbonyl (C=O) groups is 1. The van der Waals surface area contributed by atoms with Gasteiger partial charge < -0.3 is 14.4 Å². The second kappa shape index (κ2) is 8.66. The van der Waals surface area contributed by atoms with Crippen LogP contribution in [0.25, 0.3) is 21.5 Å². The zero-order chi connectivity index (χ0) is 22.9. The van der Waals surface area contributed by atoms with Gasteiger partial charge in [-0.15, -0.1) is 11.3 Å². The van der Waals surface area contributed by atoms with Gasteiger partial charge in [-0.2, -0.15) is 13.2 Å². The largest absolute Gasteiger partial charge is 0.493 e. The van der Waals surface area contributed by atoms with Crippen molar-refractivity contribution >= 4 is 28.2 Å². The lowest BCUT2D eigenvalue weighted by atomic mass is 10.1. The van der Waals surface area contributed by atoms with Gasteiger partial charge in [0.05, 0.1) is 23.4 Å². The van der Waals surface area contributed by atoms with E-state index in [9.17, 15) is 18.0 Å². The van der Waals surface area contributed by atoms with Crippen LogP contribution in [-0.2, 0) is 23.9 Å². The fourth-order valence-electron chi connectivity index (χ4n) is 3.41. The Labute approximate surface area is 185 Å². The summed E-state index contributed by atoms with van der Waals surface area (Å²) in [5, 5.41) is 10.5. The number of aromatic nitrogens is 2. The quantitative estimate of drug-likeness (QED) is 0.379. The Morgan fingerprint density at radius 3 is 2.75 bits per heavy atom. The van der Waals surface area contributed by atoms with E-state index in [-0.39, 0.29) is 6.54 Å². The average molecular weight is 460 g/mol. The maximum Gasteiger partial charge on any atom is 0.416 e. The number of nitrogens with zero attached hydrogens (tertiary/aromatic N) is 2. The Morgan fingerprint density at radius 1 is 1.19 bits per heavy atom. The molecule has 4 aromatic rings. The number of hydrogen-bond acceptors (Lipinski definition) is 4. The summed E-state index contributed by atoms with van der Waals surface area (Å²) >= 11 is 1.35. The van der Waals surface area contributed by atoms with E-state index in [0.717, 1.165) is 33.6 Å². The van der Waals surface area contributed by atoms with Crippen molar-refractivity contribution in [2.24, 2.45) is 0 Å². The van der Waals surface area contributed by atoms with Crippen molar-refractivity contribution in [3.63, 3.8) is 0 Å². The Kier molecular flexibility index (Phi) is 5.92. The zero-order valence-electron chi connectivity index (χ0n) is 17.0. The monoisotopic (exact) mass is 460 g/mol. The number of carboxylic acids is 1. The van der Waals surface area contributed by atoms with Gasteiger partial charge in [0.1, 0.15) is 17.3 Å². The van der Waals surface area contributed by atoms with E-state index in [2.05, 4.69) is 4.98 Å². The second-order valence-electron chi connectivity index (χ2n) is 7.26. The van der Waals surface area contributed by atoms with E-state index in [1.165, 1.54) is 17.4 Å². The summed E-state index contributed by atoms with van der Waals surface area (Å²) in [5.74, 6) is -0.311. The summed E-state index contributed by atoms with van der Waals surface area (Å²) in [6.07, 6.45) is -2.13. The maximum absolute atomic E-state index is 13.0. The fraction of sp³-hybridized carbons (Fsp3) is 0.217. The molecule has 1 N–H and O–H groups in total. The van der Waals surface area contributed by atoms with Crippen LogP contribution in [0.15, 0.2) is 54.7 Å². The molecule has 0 amide bonds. The minimum atomic E-state index is -4.40. The number of rotatable bonds is 7. The van der Waals surface area contributed by atoms with Crippen LogP contribution in [-0.4, -0.2) is 27.2 Å². The van der Waals surface area contributed by atoms with Crippen LogP contribution in [0.4, 0.5) is 13.2 Å². The molecule has 0 radical (unpaired) electrons. The van der Waals surface area contributed by atoms with Crippen LogP contribution in [0, 0.1) is 6.92 Å². The van der Waals surface area contributed by atoms with Crippen molar-refractivity contribution < 1.29 is 27.8 Å². The van der Waals surface area contributed by atoms with E-state index in [4.69, 9.17) is 9.84 Å². The minimum Gasteiger partial charge on any atom is -0.493 e. The molecule has 2 aromatic carbocycles. The van der Waals surface area contributed by atoms with Crippen molar-refractivity contribution in [3.05, 3.63) is 70.9 Å². The summed E-state index contributed by atoms with van der Waals surface area (Å²) in [6, 6.07) is 12.5. The Hall–Kier alpha value is -3.33. The van der Waals surface area contributed by atoms with E-state index in [1.54, 1.807) is 22.9 Å². The predicted molar refractivity (Wildman–Crippen MR) is 116 cm³/mol. The number of benzene rings is 2. The first kappa shape index (κ1) is 21.9. The van der Waals surface area contributed by atoms with Gasteiger partial charge in [0.2, 0.25) is 0 Å². The lowest BCUT2D eigenvalue weighted by Gasteiger charge is -2.07. The van der Waals surface area contributed by atoms with E-state index < -0.39 is 17.7 Å². The van der Waals surface area contributed by atoms with Gasteiger partial charge in [-0.3, -0.25) is 4.79 Å². The first-order valence-corrected chi connectivity index (χ1v) is 10.6. The highest BCUT2D eigenvalue weighted by Crippen LogP contribution is 2.34. The predicted octanol–water partition coefficient (Wildman–Crippen LogP) is 5.80. The molecule has 0 aliphatic heterocycles. The second-order valence-corrected chi connectivity index (χ2v) is 8.35. The minimum absolute atomic E-state index is 0.134. The van der Waals surface area contributed by atoms with E-state index >= 15 is 0 Å².